The maximum atomic E-state index is 12.3. The molecule has 264 valence electrons. The fourth-order valence-electron chi connectivity index (χ4n) is 9.60. The minimum atomic E-state index is -1.77. The van der Waals surface area contributed by atoms with E-state index >= 15 is 0 Å². The van der Waals surface area contributed by atoms with Crippen LogP contribution in [-0.2, 0) is 0 Å². The Labute approximate surface area is 314 Å². The smallest absolute Gasteiger partial charge is 0.337 e. The van der Waals surface area contributed by atoms with Gasteiger partial charge in [-0.3, -0.25) is 0 Å². The zero-order valence-corrected chi connectivity index (χ0v) is 29.0. The van der Waals surface area contributed by atoms with Crippen LogP contribution in [0.4, 0.5) is 0 Å². The summed E-state index contributed by atoms with van der Waals surface area (Å²) in [6, 6.07) is 40.5. The van der Waals surface area contributed by atoms with Gasteiger partial charge in [0, 0.05) is 16.2 Å². The van der Waals surface area contributed by atoms with Gasteiger partial charge in [-0.25, -0.2) is 19.2 Å². The third kappa shape index (κ3) is 3.91. The van der Waals surface area contributed by atoms with Crippen LogP contribution < -0.4 is 0 Å². The minimum absolute atomic E-state index is 0.00250. The summed E-state index contributed by atoms with van der Waals surface area (Å²) in [5.41, 5.74) is -2.93. The van der Waals surface area contributed by atoms with Gasteiger partial charge in [-0.05, 0) is 97.6 Å². The fraction of sp³-hybridized carbons (Fsp3) is 0. The molecule has 0 bridgehead atoms. The number of fused-ring (bicyclic) bond motifs is 2. The van der Waals surface area contributed by atoms with E-state index in [0.717, 1.165) is 5.39 Å². The quantitative estimate of drug-likeness (QED) is 0.103. The standard InChI is InChI=1S/C24H12O8.C24H12/c25-21(26)13-8-7-11-10-5-1-3-9-4-2-6-12(14(9)10)16-15(11)17(13)19(23(29)30)20(24(31)32)18(16)22(27)28;1-2-14-5-6-16-9-11-18-12-10-17-8-7-15-4-3-13(1)19-20(14)22(16)24(18)23(17)21(15)19/h1-8H,(H,25,26)(H,27,28)(H,29,30)(H,31,32);1-12H. The van der Waals surface area contributed by atoms with Crippen molar-refractivity contribution in [1.82, 2.24) is 0 Å². The third-order valence-corrected chi connectivity index (χ3v) is 11.7. The topological polar surface area (TPSA) is 149 Å². The van der Waals surface area contributed by atoms with Gasteiger partial charge in [-0.15, -0.1) is 0 Å². The first-order valence-corrected chi connectivity index (χ1v) is 17.8. The number of rotatable bonds is 4. The highest BCUT2D eigenvalue weighted by atomic mass is 16.4. The lowest BCUT2D eigenvalue weighted by atomic mass is 9.81. The zero-order valence-electron chi connectivity index (χ0n) is 29.0. The molecule has 0 heterocycles. The molecule has 0 fully saturated rings. The van der Waals surface area contributed by atoms with Crippen molar-refractivity contribution < 1.29 is 39.6 Å². The van der Waals surface area contributed by atoms with E-state index in [0.29, 0.717) is 21.5 Å². The number of aromatic carboxylic acids is 4. The van der Waals surface area contributed by atoms with E-state index < -0.39 is 46.1 Å². The van der Waals surface area contributed by atoms with E-state index in [1.807, 2.05) is 12.1 Å². The molecule has 12 rings (SSSR count). The number of carbonyl (C=O) groups is 4. The maximum Gasteiger partial charge on any atom is 0.337 e. The van der Waals surface area contributed by atoms with Crippen LogP contribution >= 0.6 is 0 Å². The molecule has 0 saturated heterocycles. The average Bonchev–Trinajstić information content (AvgIpc) is 3.20. The molecule has 12 aromatic rings. The van der Waals surface area contributed by atoms with Crippen molar-refractivity contribution >= 4 is 132 Å². The molecule has 0 radical (unpaired) electrons. The average molecular weight is 729 g/mol. The third-order valence-electron chi connectivity index (χ3n) is 11.7. The molecule has 56 heavy (non-hydrogen) atoms. The van der Waals surface area contributed by atoms with Gasteiger partial charge in [-0.2, -0.15) is 0 Å². The van der Waals surface area contributed by atoms with E-state index in [1.54, 1.807) is 24.3 Å². The molecule has 0 aliphatic heterocycles. The number of benzene rings is 12. The summed E-state index contributed by atoms with van der Waals surface area (Å²) in [6.45, 7) is 0. The van der Waals surface area contributed by atoms with Gasteiger partial charge in [0.25, 0.3) is 0 Å². The van der Waals surface area contributed by atoms with Gasteiger partial charge in [0.1, 0.15) is 0 Å². The van der Waals surface area contributed by atoms with Crippen LogP contribution in [0, 0.1) is 0 Å². The van der Waals surface area contributed by atoms with Gasteiger partial charge in [0.15, 0.2) is 0 Å². The molecular formula is C48H24O8. The summed E-state index contributed by atoms with van der Waals surface area (Å²) in [6.07, 6.45) is 0. The van der Waals surface area contributed by atoms with Crippen molar-refractivity contribution in [2.75, 3.05) is 0 Å². The number of hydrogen-bond donors (Lipinski definition) is 4. The van der Waals surface area contributed by atoms with Crippen LogP contribution in [0.1, 0.15) is 41.4 Å². The predicted octanol–water partition coefficient (Wildman–Crippen LogP) is 11.4. The van der Waals surface area contributed by atoms with Crippen molar-refractivity contribution in [3.63, 3.8) is 0 Å². The van der Waals surface area contributed by atoms with Crippen LogP contribution in [0.2, 0.25) is 0 Å². The van der Waals surface area contributed by atoms with Crippen LogP contribution in [0.25, 0.3) is 108 Å². The lowest BCUT2D eigenvalue weighted by Gasteiger charge is -2.20. The van der Waals surface area contributed by atoms with E-state index in [2.05, 4.69) is 72.8 Å². The van der Waals surface area contributed by atoms with Crippen LogP contribution in [0.15, 0.2) is 121 Å². The van der Waals surface area contributed by atoms with Crippen molar-refractivity contribution in [2.24, 2.45) is 0 Å². The normalized spacial score (nSPS) is 12.1. The van der Waals surface area contributed by atoms with Crippen molar-refractivity contribution in [1.29, 1.82) is 0 Å². The molecule has 0 spiro atoms. The molecule has 0 unspecified atom stereocenters. The first kappa shape index (κ1) is 31.7. The highest BCUT2D eigenvalue weighted by molar-refractivity contribution is 6.45. The Kier molecular flexibility index (Phi) is 6.14. The second-order valence-corrected chi connectivity index (χ2v) is 14.3. The Morgan fingerprint density at radius 1 is 0.268 bits per heavy atom. The SMILES string of the molecule is O=C(O)c1c(C(=O)O)c2c(C(=O)O)ccc3c4cccc5cccc(c(c1C(=O)O)c23)c54.c1cc2ccc3ccc4ccc5ccc6ccc1c1c2c3c4c5c61. The zero-order chi connectivity index (χ0) is 38.3. The number of carboxylic acids is 4. The first-order valence-electron chi connectivity index (χ1n) is 17.8. The van der Waals surface area contributed by atoms with Crippen molar-refractivity contribution in [3.05, 3.63) is 144 Å². The van der Waals surface area contributed by atoms with Crippen LogP contribution in [0.3, 0.4) is 0 Å². The maximum absolute atomic E-state index is 12.3. The molecule has 0 saturated carbocycles. The molecule has 4 N–H and O–H groups in total. The summed E-state index contributed by atoms with van der Waals surface area (Å²) in [7, 11) is 0. The van der Waals surface area contributed by atoms with Crippen molar-refractivity contribution in [2.45, 2.75) is 0 Å². The summed E-state index contributed by atoms with van der Waals surface area (Å²) >= 11 is 0. The van der Waals surface area contributed by atoms with Crippen LogP contribution in [-0.4, -0.2) is 44.3 Å². The second kappa shape index (κ2) is 10.9. The van der Waals surface area contributed by atoms with Gasteiger partial charge in [0.05, 0.1) is 22.3 Å². The lowest BCUT2D eigenvalue weighted by molar-refractivity contribution is 0.0635. The number of hydrogen-bond acceptors (Lipinski definition) is 4. The lowest BCUT2D eigenvalue weighted by Crippen LogP contribution is -2.18. The summed E-state index contributed by atoms with van der Waals surface area (Å²) in [4.78, 5) is 48.7. The minimum Gasteiger partial charge on any atom is -0.478 e. The van der Waals surface area contributed by atoms with Crippen molar-refractivity contribution in [3.8, 4) is 0 Å². The Morgan fingerprint density at radius 3 is 0.982 bits per heavy atom. The van der Waals surface area contributed by atoms with E-state index in [-0.39, 0.29) is 16.2 Å². The summed E-state index contributed by atoms with van der Waals surface area (Å²) < 4.78 is 0. The fourth-order valence-corrected chi connectivity index (χ4v) is 9.60. The molecule has 0 aliphatic carbocycles. The molecule has 0 amide bonds. The summed E-state index contributed by atoms with van der Waals surface area (Å²) in [5, 5.41) is 59.0. The molecule has 0 atom stereocenters. The highest BCUT2D eigenvalue weighted by Gasteiger charge is 2.34. The van der Waals surface area contributed by atoms with E-state index in [1.165, 1.54) is 76.8 Å². The van der Waals surface area contributed by atoms with E-state index in [9.17, 15) is 39.6 Å². The van der Waals surface area contributed by atoms with E-state index in [4.69, 9.17) is 0 Å². The Bertz CT molecular complexity index is 3310. The molecule has 12 aromatic carbocycles. The largest absolute Gasteiger partial charge is 0.478 e. The van der Waals surface area contributed by atoms with Gasteiger partial charge >= 0.3 is 23.9 Å². The molecule has 8 heteroatoms. The number of carboxylic acid groups (broad SMARTS) is 4. The summed E-state index contributed by atoms with van der Waals surface area (Å²) in [5.74, 6) is -6.58. The van der Waals surface area contributed by atoms with Crippen LogP contribution in [0.5, 0.6) is 0 Å². The van der Waals surface area contributed by atoms with Gasteiger partial charge in [-0.1, -0.05) is 115 Å². The second-order valence-electron chi connectivity index (χ2n) is 14.3. The molecule has 0 aromatic heterocycles. The van der Waals surface area contributed by atoms with Gasteiger partial charge < -0.3 is 20.4 Å². The Morgan fingerprint density at radius 2 is 0.607 bits per heavy atom. The Hall–Kier alpha value is -7.84. The molecule has 8 nitrogen and oxygen atoms in total. The first-order chi connectivity index (χ1) is 27.1. The highest BCUT2D eigenvalue weighted by Crippen LogP contribution is 2.49. The van der Waals surface area contributed by atoms with Gasteiger partial charge in [0.2, 0.25) is 0 Å². The Balaban J connectivity index is 0.000000134. The monoisotopic (exact) mass is 728 g/mol. The molecule has 0 aliphatic rings. The predicted molar refractivity (Wildman–Crippen MR) is 221 cm³/mol. The molecular weight excluding hydrogens is 705 g/mol.